The Labute approximate surface area is 95.7 Å². The maximum Gasteiger partial charge on any atom is 0.453 e. The molecular formula is C8H12AlNO4S. The molecule has 0 saturated carbocycles. The van der Waals surface area contributed by atoms with Crippen molar-refractivity contribution in [2.24, 2.45) is 0 Å². The van der Waals surface area contributed by atoms with Crippen LogP contribution in [0.15, 0.2) is 30.3 Å². The van der Waals surface area contributed by atoms with Gasteiger partial charge in [-0.15, -0.1) is 0 Å². The Morgan fingerprint density at radius 2 is 1.73 bits per heavy atom. The van der Waals surface area contributed by atoms with Crippen LogP contribution in [-0.4, -0.2) is 34.0 Å². The molecule has 2 N–H and O–H groups in total. The summed E-state index contributed by atoms with van der Waals surface area (Å²) < 4.78 is 26.1. The van der Waals surface area contributed by atoms with E-state index in [0.717, 1.165) is 5.69 Å². The zero-order valence-electron chi connectivity index (χ0n) is 8.47. The van der Waals surface area contributed by atoms with E-state index in [0.29, 0.717) is 0 Å². The molecular weight excluding hydrogens is 233 g/mol. The van der Waals surface area contributed by atoms with Crippen molar-refractivity contribution in [2.45, 2.75) is 6.92 Å². The number of anilines is 1. The molecule has 0 aliphatic carbocycles. The number of hydrogen-bond acceptors (Lipinski definition) is 3. The molecule has 0 radical (unpaired) electrons. The monoisotopic (exact) mass is 245 g/mol. The molecule has 0 aliphatic rings. The second-order valence-corrected chi connectivity index (χ2v) is 7.34. The van der Waals surface area contributed by atoms with Crippen molar-refractivity contribution in [1.29, 1.82) is 0 Å². The highest BCUT2D eigenvalue weighted by Gasteiger charge is 1.90. The summed E-state index contributed by atoms with van der Waals surface area (Å²) in [5.41, 5.74) is 0.843. The fourth-order valence-electron chi connectivity index (χ4n) is 0.725. The van der Waals surface area contributed by atoms with Crippen LogP contribution in [0.1, 0.15) is 6.92 Å². The SMILES string of the molecule is CC(=O)Nc1ccccc1.O=[S](=O)(O)[AlH2]. The van der Waals surface area contributed by atoms with E-state index in [4.69, 9.17) is 4.55 Å². The van der Waals surface area contributed by atoms with Crippen LogP contribution in [0.3, 0.4) is 0 Å². The molecule has 0 fully saturated rings. The summed E-state index contributed by atoms with van der Waals surface area (Å²) in [6.07, 6.45) is 0. The lowest BCUT2D eigenvalue weighted by atomic mass is 10.3. The number of carbonyl (C=O) groups is 1. The number of hydrogen-bond donors (Lipinski definition) is 2. The molecule has 82 valence electrons. The first kappa shape index (κ1) is 14.1. The minimum atomic E-state index is -3.53. The van der Waals surface area contributed by atoms with Crippen molar-refractivity contribution in [2.75, 3.05) is 5.32 Å². The summed E-state index contributed by atoms with van der Waals surface area (Å²) in [6, 6.07) is 9.37. The molecule has 0 atom stereocenters. The van der Waals surface area contributed by atoms with E-state index in [2.05, 4.69) is 5.32 Å². The first-order chi connectivity index (χ1) is 6.79. The number of carbonyl (C=O) groups excluding carboxylic acids is 1. The van der Waals surface area contributed by atoms with Crippen molar-refractivity contribution >= 4 is 35.2 Å². The molecule has 0 heterocycles. The molecule has 0 bridgehead atoms. The average molecular weight is 245 g/mol. The normalized spacial score (nSPS) is 9.73. The Kier molecular flexibility index (Phi) is 6.20. The first-order valence-corrected chi connectivity index (χ1v) is 8.34. The van der Waals surface area contributed by atoms with E-state index in [-0.39, 0.29) is 21.1 Å². The van der Waals surface area contributed by atoms with Crippen LogP contribution in [0.2, 0.25) is 0 Å². The molecule has 0 saturated heterocycles. The van der Waals surface area contributed by atoms with Gasteiger partial charge in [-0.25, -0.2) is 8.42 Å². The van der Waals surface area contributed by atoms with Crippen LogP contribution in [0, 0.1) is 0 Å². The van der Waals surface area contributed by atoms with Crippen molar-refractivity contribution in [3.8, 4) is 0 Å². The summed E-state index contributed by atoms with van der Waals surface area (Å²) in [7, 11) is -3.53. The quantitative estimate of drug-likeness (QED) is 0.541. The second-order valence-electron chi connectivity index (χ2n) is 2.78. The third kappa shape index (κ3) is 13.1. The maximum atomic E-state index is 10.5. The van der Waals surface area contributed by atoms with Crippen LogP contribution in [0.5, 0.6) is 0 Å². The molecule has 7 heteroatoms. The summed E-state index contributed by atoms with van der Waals surface area (Å²) in [5, 5.41) is 2.67. The highest BCUT2D eigenvalue weighted by atomic mass is 32.4. The first-order valence-electron chi connectivity index (χ1n) is 4.04. The van der Waals surface area contributed by atoms with E-state index in [1.165, 1.54) is 6.92 Å². The van der Waals surface area contributed by atoms with Gasteiger partial charge in [-0.2, -0.15) is 0 Å². The van der Waals surface area contributed by atoms with Crippen LogP contribution >= 0.6 is 0 Å². The number of nitrogens with one attached hydrogen (secondary N) is 1. The van der Waals surface area contributed by atoms with Gasteiger partial charge in [0.2, 0.25) is 5.91 Å². The van der Waals surface area contributed by atoms with Gasteiger partial charge < -0.3 is 9.87 Å². The number of benzene rings is 1. The highest BCUT2D eigenvalue weighted by molar-refractivity contribution is 8.07. The van der Waals surface area contributed by atoms with E-state index < -0.39 is 8.48 Å². The van der Waals surface area contributed by atoms with Crippen molar-refractivity contribution < 1.29 is 17.8 Å². The predicted octanol–water partition coefficient (Wildman–Crippen LogP) is 0.0673. The number of rotatable bonds is 1. The smallest absolute Gasteiger partial charge is 0.326 e. The van der Waals surface area contributed by atoms with Gasteiger partial charge in [0.25, 0.3) is 0 Å². The van der Waals surface area contributed by atoms with Crippen LogP contribution < -0.4 is 5.32 Å². The predicted molar refractivity (Wildman–Crippen MR) is 60.8 cm³/mol. The third-order valence-electron chi connectivity index (χ3n) is 1.09. The highest BCUT2D eigenvalue weighted by Crippen LogP contribution is 2.03. The molecule has 1 aromatic carbocycles. The Morgan fingerprint density at radius 1 is 1.33 bits per heavy atom. The Bertz CT molecular complexity index is 396. The Hall–Kier alpha value is -0.868. The molecule has 0 aromatic heterocycles. The van der Waals surface area contributed by atoms with Gasteiger partial charge in [-0.1, -0.05) is 18.2 Å². The molecule has 0 unspecified atom stereocenters. The van der Waals surface area contributed by atoms with Gasteiger partial charge in [0, 0.05) is 12.6 Å². The molecule has 0 aliphatic heterocycles. The van der Waals surface area contributed by atoms with Crippen molar-refractivity contribution in [1.82, 2.24) is 0 Å². The van der Waals surface area contributed by atoms with Gasteiger partial charge in [0.1, 0.15) is 8.48 Å². The molecule has 1 amide bonds. The maximum absolute atomic E-state index is 10.5. The number of para-hydroxylation sites is 1. The van der Waals surface area contributed by atoms with Crippen LogP contribution in [0.25, 0.3) is 0 Å². The zero-order valence-corrected chi connectivity index (χ0v) is 11.3. The molecule has 0 spiro atoms. The minimum absolute atomic E-state index is 0.0359. The zero-order chi connectivity index (χ0) is 11.9. The summed E-state index contributed by atoms with van der Waals surface area (Å²) >= 11 is -0.164. The van der Waals surface area contributed by atoms with Crippen LogP contribution in [0.4, 0.5) is 5.69 Å². The summed E-state index contributed by atoms with van der Waals surface area (Å²) in [4.78, 5) is 10.5. The average Bonchev–Trinajstić information content (AvgIpc) is 2.01. The van der Waals surface area contributed by atoms with E-state index in [1.54, 1.807) is 0 Å². The Morgan fingerprint density at radius 3 is 2.07 bits per heavy atom. The summed E-state index contributed by atoms with van der Waals surface area (Å²) in [5.74, 6) is -0.0359. The fourth-order valence-corrected chi connectivity index (χ4v) is 0.725. The molecule has 15 heavy (non-hydrogen) atoms. The Balaban J connectivity index is 0.000000336. The number of amides is 1. The van der Waals surface area contributed by atoms with Gasteiger partial charge in [-0.05, 0) is 12.1 Å². The van der Waals surface area contributed by atoms with Crippen LogP contribution in [-0.2, 0) is 13.3 Å². The van der Waals surface area contributed by atoms with Gasteiger partial charge in [0.05, 0.1) is 0 Å². The lowest BCUT2D eigenvalue weighted by Crippen LogP contribution is -2.04. The molecule has 1 aromatic rings. The van der Waals surface area contributed by atoms with Crippen molar-refractivity contribution in [3.05, 3.63) is 30.3 Å². The lowest BCUT2D eigenvalue weighted by molar-refractivity contribution is -0.114. The van der Waals surface area contributed by atoms with Gasteiger partial charge in [0.15, 0.2) is 0 Å². The lowest BCUT2D eigenvalue weighted by Gasteiger charge is -1.98. The summed E-state index contributed by atoms with van der Waals surface area (Å²) in [6.45, 7) is 1.49. The molecule has 5 nitrogen and oxygen atoms in total. The second kappa shape index (κ2) is 6.59. The van der Waals surface area contributed by atoms with Gasteiger partial charge in [-0.3, -0.25) is 4.79 Å². The largest absolute Gasteiger partial charge is 0.453 e. The van der Waals surface area contributed by atoms with E-state index in [9.17, 15) is 13.2 Å². The van der Waals surface area contributed by atoms with Crippen molar-refractivity contribution in [3.63, 3.8) is 0 Å². The van der Waals surface area contributed by atoms with Gasteiger partial charge >= 0.3 is 15.2 Å². The van der Waals surface area contributed by atoms with E-state index in [1.807, 2.05) is 30.3 Å². The topological polar surface area (TPSA) is 83.5 Å². The van der Waals surface area contributed by atoms with E-state index >= 15 is 0 Å². The third-order valence-corrected chi connectivity index (χ3v) is 1.09. The minimum Gasteiger partial charge on any atom is -0.326 e. The standard InChI is InChI=1S/C8H9NO.Al.HO3S.2H/c1-7(10)9-8-5-3-2-4-6-8;;1-4(2)3;;/h2-6H,1H3,(H,9,10);;(H,1,2,3);;. The molecule has 1 rings (SSSR count). The fraction of sp³-hybridized carbons (Fsp3) is 0.125.